The molecule has 0 spiro atoms. The minimum atomic E-state index is -0.639. The van der Waals surface area contributed by atoms with Crippen molar-refractivity contribution < 1.29 is 4.42 Å². The zero-order valence-corrected chi connectivity index (χ0v) is 17.7. The summed E-state index contributed by atoms with van der Waals surface area (Å²) in [5.74, 6) is 0.452. The van der Waals surface area contributed by atoms with E-state index < -0.39 is 11.1 Å². The Balaban J connectivity index is 1.61. The molecule has 32 heavy (non-hydrogen) atoms. The number of hydrogen-bond donors (Lipinski definition) is 0. The maximum absolute atomic E-state index is 13.1. The smallest absolute Gasteiger partial charge is 0.317 e. The van der Waals surface area contributed by atoms with E-state index in [9.17, 15) is 9.59 Å². The summed E-state index contributed by atoms with van der Waals surface area (Å²) in [6.45, 7) is 0.378. The normalized spacial score (nSPS) is 11.2. The lowest BCUT2D eigenvalue weighted by Gasteiger charge is -2.15. The molecule has 0 bridgehead atoms. The van der Waals surface area contributed by atoms with Crippen LogP contribution < -0.4 is 11.1 Å². The molecular weight excluding hydrogens is 426 g/mol. The van der Waals surface area contributed by atoms with E-state index in [0.717, 1.165) is 11.1 Å². The second-order valence-electron chi connectivity index (χ2n) is 7.41. The molecule has 158 valence electrons. The van der Waals surface area contributed by atoms with Gasteiger partial charge in [-0.15, -0.1) is 0 Å². The van der Waals surface area contributed by atoms with Gasteiger partial charge in [-0.3, -0.25) is 18.7 Å². The Morgan fingerprint density at radius 2 is 1.44 bits per heavy atom. The monoisotopic (exact) mass is 443 g/mol. The molecule has 3 aromatic carbocycles. The highest BCUT2D eigenvalue weighted by molar-refractivity contribution is 6.31. The fourth-order valence-corrected chi connectivity index (χ4v) is 3.89. The van der Waals surface area contributed by atoms with Crippen molar-refractivity contribution in [2.75, 3.05) is 0 Å². The summed E-state index contributed by atoms with van der Waals surface area (Å²) in [6, 6.07) is 24.2. The molecule has 0 fully saturated rings. The second-order valence-corrected chi connectivity index (χ2v) is 7.85. The third-order valence-corrected chi connectivity index (χ3v) is 5.50. The van der Waals surface area contributed by atoms with Crippen molar-refractivity contribution >= 4 is 22.6 Å². The summed E-state index contributed by atoms with van der Waals surface area (Å²) in [5, 5.41) is 0.473. The molecule has 0 radical (unpaired) electrons. The zero-order valence-electron chi connectivity index (χ0n) is 16.9. The van der Waals surface area contributed by atoms with E-state index in [1.165, 1.54) is 15.4 Å². The van der Waals surface area contributed by atoms with Gasteiger partial charge >= 0.3 is 11.1 Å². The third kappa shape index (κ3) is 3.76. The molecule has 0 saturated carbocycles. The molecular formula is C25H18ClN3O3. The van der Waals surface area contributed by atoms with Crippen molar-refractivity contribution in [2.45, 2.75) is 13.1 Å². The van der Waals surface area contributed by atoms with Crippen LogP contribution in [0.3, 0.4) is 0 Å². The number of aromatic nitrogens is 3. The minimum Gasteiger partial charge on any atom is -0.444 e. The highest BCUT2D eigenvalue weighted by atomic mass is 35.5. The summed E-state index contributed by atoms with van der Waals surface area (Å²) >= 11 is 6.25. The molecule has 0 unspecified atom stereocenters. The van der Waals surface area contributed by atoms with Crippen molar-refractivity contribution in [3.05, 3.63) is 122 Å². The fraction of sp³-hybridized carbons (Fsp3) is 0.0800. The van der Waals surface area contributed by atoms with Gasteiger partial charge in [0, 0.05) is 10.6 Å². The van der Waals surface area contributed by atoms with Crippen LogP contribution in [0.1, 0.15) is 11.3 Å². The van der Waals surface area contributed by atoms with Crippen LogP contribution in [0.25, 0.3) is 22.5 Å². The zero-order chi connectivity index (χ0) is 22.1. The van der Waals surface area contributed by atoms with Gasteiger partial charge < -0.3 is 4.42 Å². The molecule has 0 aliphatic carbocycles. The van der Waals surface area contributed by atoms with Crippen molar-refractivity contribution in [1.82, 2.24) is 14.1 Å². The Bertz CT molecular complexity index is 1520. The molecule has 5 aromatic rings. The first kappa shape index (κ1) is 20.0. The topological polar surface area (TPSA) is 70.0 Å². The predicted octanol–water partition coefficient (Wildman–Crippen LogP) is 4.57. The molecule has 2 heterocycles. The lowest BCUT2D eigenvalue weighted by atomic mass is 10.2. The molecule has 0 aliphatic rings. The van der Waals surface area contributed by atoms with E-state index in [-0.39, 0.29) is 13.1 Å². The molecule has 0 saturated heterocycles. The number of benzene rings is 3. The SMILES string of the molecule is O=c1c(=O)n(Cc2coc(-c3ccccc3)n2)c2cc(Cl)ccc2n1Cc1ccccc1. The van der Waals surface area contributed by atoms with Crippen LogP contribution in [0, 0.1) is 0 Å². The van der Waals surface area contributed by atoms with Gasteiger partial charge in [-0.2, -0.15) is 0 Å². The van der Waals surface area contributed by atoms with Crippen LogP contribution >= 0.6 is 11.6 Å². The molecule has 2 aromatic heterocycles. The molecule has 0 atom stereocenters. The fourth-order valence-electron chi connectivity index (χ4n) is 3.73. The van der Waals surface area contributed by atoms with Crippen LogP contribution in [0.15, 0.2) is 99.1 Å². The van der Waals surface area contributed by atoms with Gasteiger partial charge in [0.2, 0.25) is 5.89 Å². The van der Waals surface area contributed by atoms with Gasteiger partial charge in [0.1, 0.15) is 6.26 Å². The van der Waals surface area contributed by atoms with Crippen LogP contribution in [-0.2, 0) is 13.1 Å². The van der Waals surface area contributed by atoms with Gasteiger partial charge in [0.05, 0.1) is 29.8 Å². The van der Waals surface area contributed by atoms with E-state index in [1.54, 1.807) is 18.2 Å². The Morgan fingerprint density at radius 1 is 0.781 bits per heavy atom. The van der Waals surface area contributed by atoms with Crippen LogP contribution in [0.4, 0.5) is 0 Å². The number of rotatable bonds is 5. The first-order valence-electron chi connectivity index (χ1n) is 10.1. The largest absolute Gasteiger partial charge is 0.444 e. The van der Waals surface area contributed by atoms with Crippen molar-refractivity contribution in [3.63, 3.8) is 0 Å². The highest BCUT2D eigenvalue weighted by Gasteiger charge is 2.16. The summed E-state index contributed by atoms with van der Waals surface area (Å²) in [4.78, 5) is 30.7. The van der Waals surface area contributed by atoms with Gasteiger partial charge in [-0.05, 0) is 35.9 Å². The number of halogens is 1. The van der Waals surface area contributed by atoms with E-state index in [4.69, 9.17) is 16.0 Å². The quantitative estimate of drug-likeness (QED) is 0.373. The number of hydrogen-bond acceptors (Lipinski definition) is 4. The molecule has 5 rings (SSSR count). The minimum absolute atomic E-state index is 0.0907. The number of fused-ring (bicyclic) bond motifs is 1. The third-order valence-electron chi connectivity index (χ3n) is 5.27. The average Bonchev–Trinajstić information content (AvgIpc) is 3.30. The average molecular weight is 444 g/mol. The molecule has 6 nitrogen and oxygen atoms in total. The Hall–Kier alpha value is -3.90. The first-order chi connectivity index (χ1) is 15.6. The van der Waals surface area contributed by atoms with Gasteiger partial charge in [0.25, 0.3) is 0 Å². The summed E-state index contributed by atoms with van der Waals surface area (Å²) in [7, 11) is 0. The maximum Gasteiger partial charge on any atom is 0.317 e. The lowest BCUT2D eigenvalue weighted by Crippen LogP contribution is -2.42. The Morgan fingerprint density at radius 3 is 2.16 bits per heavy atom. The maximum atomic E-state index is 13.1. The van der Waals surface area contributed by atoms with Crippen molar-refractivity contribution in [1.29, 1.82) is 0 Å². The van der Waals surface area contributed by atoms with Crippen LogP contribution in [-0.4, -0.2) is 14.1 Å². The van der Waals surface area contributed by atoms with Gasteiger partial charge in [-0.25, -0.2) is 4.98 Å². The summed E-state index contributed by atoms with van der Waals surface area (Å²) in [5.41, 5.74) is 2.23. The van der Waals surface area contributed by atoms with Crippen LogP contribution in [0.2, 0.25) is 5.02 Å². The standard InChI is InChI=1S/C25H18ClN3O3/c26-19-11-12-21-22(13-19)29(15-20-16-32-23(27-20)18-9-5-2-6-10-18)25(31)24(30)28(21)14-17-7-3-1-4-8-17/h1-13,16H,14-15H2. The van der Waals surface area contributed by atoms with E-state index >= 15 is 0 Å². The summed E-state index contributed by atoms with van der Waals surface area (Å²) < 4.78 is 8.48. The predicted molar refractivity (Wildman–Crippen MR) is 124 cm³/mol. The Kier molecular flexibility index (Phi) is 5.21. The second kappa shape index (κ2) is 8.32. The van der Waals surface area contributed by atoms with E-state index in [2.05, 4.69) is 4.98 Å². The molecule has 0 aliphatic heterocycles. The van der Waals surface area contributed by atoms with E-state index in [0.29, 0.717) is 27.6 Å². The lowest BCUT2D eigenvalue weighted by molar-refractivity contribution is 0.571. The summed E-state index contributed by atoms with van der Waals surface area (Å²) in [6.07, 6.45) is 1.50. The Labute approximate surface area is 188 Å². The number of nitrogens with zero attached hydrogens (tertiary/aromatic N) is 3. The molecule has 7 heteroatoms. The molecule has 0 N–H and O–H groups in total. The molecule has 0 amide bonds. The highest BCUT2D eigenvalue weighted by Crippen LogP contribution is 2.21. The van der Waals surface area contributed by atoms with E-state index in [1.807, 2.05) is 60.7 Å². The van der Waals surface area contributed by atoms with Gasteiger partial charge in [0.15, 0.2) is 0 Å². The first-order valence-corrected chi connectivity index (χ1v) is 10.4. The van der Waals surface area contributed by atoms with Gasteiger partial charge in [-0.1, -0.05) is 60.1 Å². The number of oxazole rings is 1. The van der Waals surface area contributed by atoms with Crippen LogP contribution in [0.5, 0.6) is 0 Å². The van der Waals surface area contributed by atoms with Crippen molar-refractivity contribution in [2.24, 2.45) is 0 Å². The van der Waals surface area contributed by atoms with Crippen molar-refractivity contribution in [3.8, 4) is 11.5 Å².